The molecule has 4 nitrogen and oxygen atoms in total. The molecule has 14 heavy (non-hydrogen) atoms. The number of hydrogen-bond donors (Lipinski definition) is 1. The second kappa shape index (κ2) is 4.95. The molecule has 0 saturated carbocycles. The van der Waals surface area contributed by atoms with Crippen LogP contribution in [0.4, 0.5) is 5.69 Å². The van der Waals surface area contributed by atoms with Crippen LogP contribution in [0.1, 0.15) is 6.42 Å². The van der Waals surface area contributed by atoms with Crippen LogP contribution in [0.5, 0.6) is 0 Å². The largest absolute Gasteiger partial charge is 0.325 e. The Bertz CT molecular complexity index is 387. The normalized spacial score (nSPS) is 9.86. The lowest BCUT2D eigenvalue weighted by atomic mass is 10.4. The van der Waals surface area contributed by atoms with Gasteiger partial charge in [0.05, 0.1) is 5.69 Å². The van der Waals surface area contributed by atoms with E-state index in [1.165, 1.54) is 10.6 Å². The number of halogens is 1. The van der Waals surface area contributed by atoms with Gasteiger partial charge in [-0.15, -0.1) is 0 Å². The zero-order chi connectivity index (χ0) is 10.6. The Morgan fingerprint density at radius 1 is 1.57 bits per heavy atom. The quantitative estimate of drug-likeness (QED) is 0.826. The van der Waals surface area contributed by atoms with E-state index in [0.29, 0.717) is 17.4 Å². The molecule has 0 unspecified atom stereocenters. The molecule has 0 aliphatic carbocycles. The topological polar surface area (TPSA) is 51.1 Å². The van der Waals surface area contributed by atoms with Crippen molar-refractivity contribution in [1.29, 1.82) is 0 Å². The summed E-state index contributed by atoms with van der Waals surface area (Å²) in [5.74, 6) is -0.0690. The second-order valence-corrected chi connectivity index (χ2v) is 3.65. The minimum atomic E-state index is -0.0940. The highest BCUT2D eigenvalue weighted by molar-refractivity contribution is 9.09. The molecule has 0 aromatic carbocycles. The molecule has 5 heteroatoms. The molecule has 0 atom stereocenters. The SMILES string of the molecule is Cn1cc(NC(=O)CCBr)ccc1=O. The van der Waals surface area contributed by atoms with Gasteiger partial charge in [-0.2, -0.15) is 0 Å². The molecule has 1 aromatic heterocycles. The van der Waals surface area contributed by atoms with Crippen LogP contribution >= 0.6 is 15.9 Å². The first-order chi connectivity index (χ1) is 6.63. The fraction of sp³-hybridized carbons (Fsp3) is 0.333. The van der Waals surface area contributed by atoms with Crippen LogP contribution in [0.25, 0.3) is 0 Å². The van der Waals surface area contributed by atoms with E-state index in [4.69, 9.17) is 0 Å². The van der Waals surface area contributed by atoms with Gasteiger partial charge in [0.25, 0.3) is 0 Å². The van der Waals surface area contributed by atoms with Crippen LogP contribution in [-0.4, -0.2) is 15.8 Å². The van der Waals surface area contributed by atoms with Crippen molar-refractivity contribution in [3.05, 3.63) is 28.7 Å². The monoisotopic (exact) mass is 258 g/mol. The standard InChI is InChI=1S/C9H11BrN2O2/c1-12-6-7(2-3-9(12)14)11-8(13)4-5-10/h2-3,6H,4-5H2,1H3,(H,11,13). The summed E-state index contributed by atoms with van der Waals surface area (Å²) >= 11 is 3.17. The van der Waals surface area contributed by atoms with E-state index in [2.05, 4.69) is 21.2 Å². The molecule has 1 N–H and O–H groups in total. The molecule has 1 rings (SSSR count). The molecule has 0 fully saturated rings. The van der Waals surface area contributed by atoms with Crippen LogP contribution in [0.3, 0.4) is 0 Å². The minimum Gasteiger partial charge on any atom is -0.325 e. The third-order valence-corrected chi connectivity index (χ3v) is 2.09. The predicted octanol–water partition coefficient (Wildman–Crippen LogP) is 1.11. The summed E-state index contributed by atoms with van der Waals surface area (Å²) in [5.41, 5.74) is 0.543. The number of aryl methyl sites for hydroxylation is 1. The summed E-state index contributed by atoms with van der Waals surface area (Å²) < 4.78 is 1.42. The van der Waals surface area contributed by atoms with E-state index in [-0.39, 0.29) is 11.5 Å². The Balaban J connectivity index is 2.73. The first-order valence-corrected chi connectivity index (χ1v) is 5.28. The first-order valence-electron chi connectivity index (χ1n) is 4.16. The number of alkyl halides is 1. The van der Waals surface area contributed by atoms with Crippen LogP contribution < -0.4 is 10.9 Å². The van der Waals surface area contributed by atoms with Crippen molar-refractivity contribution in [1.82, 2.24) is 4.57 Å². The van der Waals surface area contributed by atoms with Crippen molar-refractivity contribution in [3.8, 4) is 0 Å². The highest BCUT2D eigenvalue weighted by Gasteiger charge is 2.01. The Kier molecular flexibility index (Phi) is 3.88. The summed E-state index contributed by atoms with van der Waals surface area (Å²) in [5, 5.41) is 3.31. The summed E-state index contributed by atoms with van der Waals surface area (Å²) in [4.78, 5) is 22.2. The molecule has 0 spiro atoms. The van der Waals surface area contributed by atoms with Crippen LogP contribution in [-0.2, 0) is 11.8 Å². The van der Waals surface area contributed by atoms with E-state index in [0.717, 1.165) is 0 Å². The number of rotatable bonds is 3. The molecule has 1 amide bonds. The number of nitrogens with one attached hydrogen (secondary N) is 1. The van der Waals surface area contributed by atoms with Crippen molar-refractivity contribution >= 4 is 27.5 Å². The Labute approximate surface area is 90.1 Å². The van der Waals surface area contributed by atoms with Gasteiger partial charge in [0.15, 0.2) is 0 Å². The third kappa shape index (κ3) is 2.99. The van der Waals surface area contributed by atoms with Gasteiger partial charge in [-0.05, 0) is 6.07 Å². The van der Waals surface area contributed by atoms with Crippen LogP contribution in [0.15, 0.2) is 23.1 Å². The van der Waals surface area contributed by atoms with E-state index in [1.54, 1.807) is 19.3 Å². The minimum absolute atomic E-state index is 0.0690. The van der Waals surface area contributed by atoms with Crippen molar-refractivity contribution in [2.24, 2.45) is 7.05 Å². The van der Waals surface area contributed by atoms with Crippen molar-refractivity contribution in [3.63, 3.8) is 0 Å². The molecular weight excluding hydrogens is 248 g/mol. The van der Waals surface area contributed by atoms with E-state index < -0.39 is 0 Å². The van der Waals surface area contributed by atoms with E-state index >= 15 is 0 Å². The van der Waals surface area contributed by atoms with Gasteiger partial charge in [-0.1, -0.05) is 15.9 Å². The van der Waals surface area contributed by atoms with Gasteiger partial charge < -0.3 is 9.88 Å². The Hall–Kier alpha value is -1.10. The second-order valence-electron chi connectivity index (χ2n) is 2.85. The molecule has 1 aromatic rings. The summed E-state index contributed by atoms with van der Waals surface area (Å²) in [6.07, 6.45) is 2.01. The molecule has 0 bridgehead atoms. The molecule has 76 valence electrons. The molecule has 0 radical (unpaired) electrons. The highest BCUT2D eigenvalue weighted by Crippen LogP contribution is 2.03. The maximum Gasteiger partial charge on any atom is 0.250 e. The molecule has 1 heterocycles. The maximum atomic E-state index is 11.2. The summed E-state index contributed by atoms with van der Waals surface area (Å²) in [6, 6.07) is 3.01. The fourth-order valence-electron chi connectivity index (χ4n) is 0.977. The molecular formula is C9H11BrN2O2. The number of carbonyl (C=O) groups excluding carboxylic acids is 1. The summed E-state index contributed by atoms with van der Waals surface area (Å²) in [7, 11) is 1.64. The first kappa shape index (κ1) is 11.0. The lowest BCUT2D eigenvalue weighted by Gasteiger charge is -2.04. The Morgan fingerprint density at radius 3 is 2.86 bits per heavy atom. The number of anilines is 1. The van der Waals surface area contributed by atoms with E-state index in [9.17, 15) is 9.59 Å². The number of aromatic nitrogens is 1. The van der Waals surface area contributed by atoms with Crippen molar-refractivity contribution < 1.29 is 4.79 Å². The maximum absolute atomic E-state index is 11.2. The van der Waals surface area contributed by atoms with Gasteiger partial charge in [-0.3, -0.25) is 9.59 Å². The molecule has 0 aliphatic heterocycles. The van der Waals surface area contributed by atoms with Gasteiger partial charge in [0.2, 0.25) is 11.5 Å². The zero-order valence-corrected chi connectivity index (χ0v) is 9.37. The predicted molar refractivity (Wildman–Crippen MR) is 58.7 cm³/mol. The fourth-order valence-corrected chi connectivity index (χ4v) is 1.34. The summed E-state index contributed by atoms with van der Waals surface area (Å²) in [6.45, 7) is 0. The number of amides is 1. The number of hydrogen-bond acceptors (Lipinski definition) is 2. The van der Waals surface area contributed by atoms with Crippen LogP contribution in [0.2, 0.25) is 0 Å². The highest BCUT2D eigenvalue weighted by atomic mass is 79.9. The average molecular weight is 259 g/mol. The lowest BCUT2D eigenvalue weighted by molar-refractivity contribution is -0.115. The van der Waals surface area contributed by atoms with Gasteiger partial charge >= 0.3 is 0 Å². The van der Waals surface area contributed by atoms with Crippen LogP contribution in [0, 0.1) is 0 Å². The van der Waals surface area contributed by atoms with Crippen molar-refractivity contribution in [2.45, 2.75) is 6.42 Å². The zero-order valence-electron chi connectivity index (χ0n) is 7.79. The number of pyridine rings is 1. The molecule has 0 aliphatic rings. The van der Waals surface area contributed by atoms with Crippen molar-refractivity contribution in [2.75, 3.05) is 10.6 Å². The number of carbonyl (C=O) groups is 1. The van der Waals surface area contributed by atoms with E-state index in [1.807, 2.05) is 0 Å². The van der Waals surface area contributed by atoms with Gasteiger partial charge in [-0.25, -0.2) is 0 Å². The average Bonchev–Trinajstić information content (AvgIpc) is 2.12. The molecule has 0 saturated heterocycles. The van der Waals surface area contributed by atoms with Gasteiger partial charge in [0, 0.05) is 31.1 Å². The third-order valence-electron chi connectivity index (χ3n) is 1.69. The lowest BCUT2D eigenvalue weighted by Crippen LogP contribution is -2.17. The smallest absolute Gasteiger partial charge is 0.250 e. The Morgan fingerprint density at radius 2 is 2.29 bits per heavy atom. The van der Waals surface area contributed by atoms with Gasteiger partial charge in [0.1, 0.15) is 0 Å². The number of nitrogens with zero attached hydrogens (tertiary/aromatic N) is 1.